The first-order chi connectivity index (χ1) is 11.7. The predicted molar refractivity (Wildman–Crippen MR) is 91.8 cm³/mol. The zero-order chi connectivity index (χ0) is 16.8. The first-order valence-corrected chi connectivity index (χ1v) is 7.93. The quantitative estimate of drug-likeness (QED) is 0.626. The van der Waals surface area contributed by atoms with Gasteiger partial charge in [-0.15, -0.1) is 0 Å². The first-order valence-electron chi connectivity index (χ1n) is 7.93. The van der Waals surface area contributed by atoms with Crippen LogP contribution >= 0.6 is 0 Å². The molecule has 1 unspecified atom stereocenters. The van der Waals surface area contributed by atoms with E-state index in [-0.39, 0.29) is 5.82 Å². The molecule has 24 heavy (non-hydrogen) atoms. The Balaban J connectivity index is 1.54. The van der Waals surface area contributed by atoms with Crippen LogP contribution in [0, 0.1) is 5.82 Å². The van der Waals surface area contributed by atoms with Gasteiger partial charge < -0.3 is 10.4 Å². The highest BCUT2D eigenvalue weighted by atomic mass is 19.1. The fraction of sp³-hybridized carbons (Fsp3) is 0.211. The third kappa shape index (κ3) is 4.28. The van der Waals surface area contributed by atoms with E-state index in [2.05, 4.69) is 15.5 Å². The van der Waals surface area contributed by atoms with Crippen LogP contribution in [0.5, 0.6) is 0 Å². The van der Waals surface area contributed by atoms with Crippen LogP contribution in [0.25, 0.3) is 11.3 Å². The molecule has 1 aromatic heterocycles. The molecule has 0 aliphatic carbocycles. The van der Waals surface area contributed by atoms with E-state index in [0.29, 0.717) is 19.5 Å². The average Bonchev–Trinajstić information content (AvgIpc) is 3.05. The van der Waals surface area contributed by atoms with Crippen molar-refractivity contribution in [1.82, 2.24) is 15.5 Å². The summed E-state index contributed by atoms with van der Waals surface area (Å²) in [6, 6.07) is 16.2. The molecule has 1 atom stereocenters. The van der Waals surface area contributed by atoms with Crippen molar-refractivity contribution >= 4 is 0 Å². The number of aromatic amines is 1. The Labute approximate surface area is 140 Å². The largest absolute Gasteiger partial charge is 0.391 e. The number of aliphatic hydroxyl groups excluding tert-OH is 1. The number of aromatic nitrogens is 2. The van der Waals surface area contributed by atoms with E-state index in [0.717, 1.165) is 22.4 Å². The standard InChI is InChI=1S/C19H20FN3O/c20-17-8-6-15(7-9-17)19-16(12-22-23-19)11-21-13-18(24)10-14-4-2-1-3-5-14/h1-9,12,18,21,24H,10-11,13H2,(H,22,23). The molecule has 0 fully saturated rings. The molecule has 5 heteroatoms. The van der Waals surface area contributed by atoms with Gasteiger partial charge in [-0.05, 0) is 36.2 Å². The van der Waals surface area contributed by atoms with E-state index in [1.54, 1.807) is 18.3 Å². The normalized spacial score (nSPS) is 12.2. The highest BCUT2D eigenvalue weighted by Crippen LogP contribution is 2.21. The molecule has 124 valence electrons. The smallest absolute Gasteiger partial charge is 0.123 e. The van der Waals surface area contributed by atoms with E-state index in [1.165, 1.54) is 12.1 Å². The van der Waals surface area contributed by atoms with Gasteiger partial charge in [-0.1, -0.05) is 30.3 Å². The maximum Gasteiger partial charge on any atom is 0.123 e. The van der Waals surface area contributed by atoms with Crippen molar-refractivity contribution in [3.05, 3.63) is 77.7 Å². The van der Waals surface area contributed by atoms with Crippen LogP contribution < -0.4 is 5.32 Å². The molecule has 3 aromatic rings. The van der Waals surface area contributed by atoms with Gasteiger partial charge in [-0.3, -0.25) is 5.10 Å². The van der Waals surface area contributed by atoms with Crippen LogP contribution in [0.4, 0.5) is 4.39 Å². The summed E-state index contributed by atoms with van der Waals surface area (Å²) in [5.41, 5.74) is 3.84. The summed E-state index contributed by atoms with van der Waals surface area (Å²) in [6.45, 7) is 1.07. The molecule has 3 rings (SSSR count). The van der Waals surface area contributed by atoms with Gasteiger partial charge in [0, 0.05) is 24.2 Å². The van der Waals surface area contributed by atoms with Gasteiger partial charge in [0.2, 0.25) is 0 Å². The van der Waals surface area contributed by atoms with E-state index in [9.17, 15) is 9.50 Å². The topological polar surface area (TPSA) is 60.9 Å². The molecule has 0 aliphatic heterocycles. The Hall–Kier alpha value is -2.50. The van der Waals surface area contributed by atoms with Crippen LogP contribution in [0.3, 0.4) is 0 Å². The van der Waals surface area contributed by atoms with Gasteiger partial charge in [0.15, 0.2) is 0 Å². The van der Waals surface area contributed by atoms with Crippen molar-refractivity contribution in [2.24, 2.45) is 0 Å². The van der Waals surface area contributed by atoms with Crippen LogP contribution in [-0.2, 0) is 13.0 Å². The monoisotopic (exact) mass is 325 g/mol. The third-order valence-electron chi connectivity index (χ3n) is 3.86. The number of rotatable bonds is 7. The maximum atomic E-state index is 13.0. The van der Waals surface area contributed by atoms with E-state index >= 15 is 0 Å². The van der Waals surface area contributed by atoms with E-state index in [4.69, 9.17) is 0 Å². The summed E-state index contributed by atoms with van der Waals surface area (Å²) >= 11 is 0. The second-order valence-corrected chi connectivity index (χ2v) is 5.75. The second-order valence-electron chi connectivity index (χ2n) is 5.75. The van der Waals surface area contributed by atoms with Gasteiger partial charge >= 0.3 is 0 Å². The van der Waals surface area contributed by atoms with Gasteiger partial charge in [-0.25, -0.2) is 4.39 Å². The van der Waals surface area contributed by atoms with Crippen LogP contribution in [0.1, 0.15) is 11.1 Å². The molecule has 0 saturated heterocycles. The molecule has 0 spiro atoms. The van der Waals surface area contributed by atoms with Crippen molar-refractivity contribution in [3.63, 3.8) is 0 Å². The lowest BCUT2D eigenvalue weighted by atomic mass is 10.1. The number of hydrogen-bond acceptors (Lipinski definition) is 3. The summed E-state index contributed by atoms with van der Waals surface area (Å²) in [7, 11) is 0. The number of halogens is 1. The zero-order valence-corrected chi connectivity index (χ0v) is 13.2. The number of aliphatic hydroxyl groups is 1. The second kappa shape index (κ2) is 7.86. The number of nitrogens with zero attached hydrogens (tertiary/aromatic N) is 1. The van der Waals surface area contributed by atoms with Crippen molar-refractivity contribution in [1.29, 1.82) is 0 Å². The fourth-order valence-electron chi connectivity index (χ4n) is 2.64. The van der Waals surface area contributed by atoms with E-state index < -0.39 is 6.10 Å². The van der Waals surface area contributed by atoms with Crippen molar-refractivity contribution in [2.45, 2.75) is 19.1 Å². The van der Waals surface area contributed by atoms with Gasteiger partial charge in [0.05, 0.1) is 18.0 Å². The molecule has 0 amide bonds. The molecule has 3 N–H and O–H groups in total. The first kappa shape index (κ1) is 16.4. The van der Waals surface area contributed by atoms with Gasteiger partial charge in [0.1, 0.15) is 5.82 Å². The minimum atomic E-state index is -0.450. The summed E-state index contributed by atoms with van der Waals surface area (Å²) in [4.78, 5) is 0. The minimum absolute atomic E-state index is 0.262. The third-order valence-corrected chi connectivity index (χ3v) is 3.86. The van der Waals surface area contributed by atoms with Crippen molar-refractivity contribution in [3.8, 4) is 11.3 Å². The van der Waals surface area contributed by atoms with Crippen LogP contribution in [-0.4, -0.2) is 28.0 Å². The van der Waals surface area contributed by atoms with E-state index in [1.807, 2.05) is 30.3 Å². The lowest BCUT2D eigenvalue weighted by Crippen LogP contribution is -2.28. The van der Waals surface area contributed by atoms with Gasteiger partial charge in [0.25, 0.3) is 0 Å². The maximum absolute atomic E-state index is 13.0. The average molecular weight is 325 g/mol. The number of nitrogens with one attached hydrogen (secondary N) is 2. The molecule has 0 aliphatic rings. The van der Waals surface area contributed by atoms with Gasteiger partial charge in [-0.2, -0.15) is 5.10 Å². The lowest BCUT2D eigenvalue weighted by molar-refractivity contribution is 0.171. The minimum Gasteiger partial charge on any atom is -0.391 e. The molecule has 0 bridgehead atoms. The number of H-pyrrole nitrogens is 1. The molecule has 0 radical (unpaired) electrons. The molecule has 1 heterocycles. The molecule has 4 nitrogen and oxygen atoms in total. The highest BCUT2D eigenvalue weighted by Gasteiger charge is 2.09. The van der Waals surface area contributed by atoms with Crippen LogP contribution in [0.15, 0.2) is 60.8 Å². The summed E-state index contributed by atoms with van der Waals surface area (Å²) < 4.78 is 13.0. The number of hydrogen-bond donors (Lipinski definition) is 3. The Morgan fingerprint density at radius 3 is 2.58 bits per heavy atom. The summed E-state index contributed by atoms with van der Waals surface area (Å²) in [5.74, 6) is -0.262. The lowest BCUT2D eigenvalue weighted by Gasteiger charge is -2.12. The molecule has 0 saturated carbocycles. The Morgan fingerprint density at radius 1 is 1.08 bits per heavy atom. The Morgan fingerprint density at radius 2 is 1.83 bits per heavy atom. The Bertz CT molecular complexity index is 756. The summed E-state index contributed by atoms with van der Waals surface area (Å²) in [5, 5.41) is 20.4. The fourth-order valence-corrected chi connectivity index (χ4v) is 2.64. The summed E-state index contributed by atoms with van der Waals surface area (Å²) in [6.07, 6.45) is 1.91. The van der Waals surface area contributed by atoms with Crippen LogP contribution in [0.2, 0.25) is 0 Å². The Kier molecular flexibility index (Phi) is 5.36. The van der Waals surface area contributed by atoms with Crippen molar-refractivity contribution in [2.75, 3.05) is 6.54 Å². The number of benzene rings is 2. The predicted octanol–water partition coefficient (Wildman–Crippen LogP) is 2.91. The molecular formula is C19H20FN3O. The molecule has 2 aromatic carbocycles. The zero-order valence-electron chi connectivity index (χ0n) is 13.2. The van der Waals surface area contributed by atoms with Crippen molar-refractivity contribution < 1.29 is 9.50 Å². The SMILES string of the molecule is OC(CNCc1cn[nH]c1-c1ccc(F)cc1)Cc1ccccc1. The molecular weight excluding hydrogens is 305 g/mol. The highest BCUT2D eigenvalue weighted by molar-refractivity contribution is 5.62.